The van der Waals surface area contributed by atoms with Gasteiger partial charge in [-0.25, -0.2) is 13.2 Å². The Labute approximate surface area is 159 Å². The zero-order valence-corrected chi connectivity index (χ0v) is 16.5. The van der Waals surface area contributed by atoms with Crippen LogP contribution in [0.25, 0.3) is 0 Å². The van der Waals surface area contributed by atoms with Gasteiger partial charge >= 0.3 is 5.97 Å². The number of esters is 1. The van der Waals surface area contributed by atoms with E-state index in [-0.39, 0.29) is 24.4 Å². The summed E-state index contributed by atoms with van der Waals surface area (Å²) in [6.45, 7) is 2.15. The second-order valence-electron chi connectivity index (χ2n) is 6.50. The van der Waals surface area contributed by atoms with E-state index in [1.165, 1.54) is 22.2 Å². The van der Waals surface area contributed by atoms with Gasteiger partial charge in [-0.05, 0) is 43.5 Å². The summed E-state index contributed by atoms with van der Waals surface area (Å²) in [7, 11) is -1.83. The first-order valence-electron chi connectivity index (χ1n) is 8.58. The topological polar surface area (TPSA) is 108 Å². The van der Waals surface area contributed by atoms with E-state index in [1.807, 2.05) is 6.07 Å². The Morgan fingerprint density at radius 1 is 1.41 bits per heavy atom. The molecule has 1 heterocycles. The molecule has 0 unspecified atom stereocenters. The summed E-state index contributed by atoms with van der Waals surface area (Å²) >= 11 is 0. The Kier molecular flexibility index (Phi) is 6.44. The Morgan fingerprint density at radius 2 is 2.11 bits per heavy atom. The van der Waals surface area contributed by atoms with Crippen LogP contribution in [0, 0.1) is 11.3 Å². The molecule has 27 heavy (non-hydrogen) atoms. The monoisotopic (exact) mass is 393 g/mol. The van der Waals surface area contributed by atoms with Crippen molar-refractivity contribution in [3.05, 3.63) is 29.3 Å². The van der Waals surface area contributed by atoms with Crippen LogP contribution in [-0.2, 0) is 26.0 Å². The van der Waals surface area contributed by atoms with E-state index in [1.54, 1.807) is 19.2 Å². The predicted octanol–water partition coefficient (Wildman–Crippen LogP) is 1.32. The van der Waals surface area contributed by atoms with Crippen LogP contribution in [0.5, 0.6) is 0 Å². The first kappa shape index (κ1) is 20.7. The van der Waals surface area contributed by atoms with Gasteiger partial charge in [-0.2, -0.15) is 5.26 Å². The Balaban J connectivity index is 2.12. The van der Waals surface area contributed by atoms with Crippen molar-refractivity contribution in [2.24, 2.45) is 0 Å². The number of anilines is 1. The molecule has 9 heteroatoms. The van der Waals surface area contributed by atoms with Crippen LogP contribution in [0.4, 0.5) is 5.69 Å². The summed E-state index contributed by atoms with van der Waals surface area (Å²) in [6, 6.07) is 6.67. The summed E-state index contributed by atoms with van der Waals surface area (Å²) < 4.78 is 30.4. The third kappa shape index (κ3) is 4.98. The van der Waals surface area contributed by atoms with Crippen molar-refractivity contribution in [1.82, 2.24) is 4.90 Å². The maximum absolute atomic E-state index is 12.4. The number of ether oxygens (including phenoxy) is 1. The van der Waals surface area contributed by atoms with Crippen LogP contribution < -0.4 is 4.31 Å². The van der Waals surface area contributed by atoms with Crippen molar-refractivity contribution in [3.63, 3.8) is 0 Å². The minimum absolute atomic E-state index is 0.199. The van der Waals surface area contributed by atoms with Gasteiger partial charge in [-0.3, -0.25) is 9.10 Å². The van der Waals surface area contributed by atoms with E-state index in [9.17, 15) is 18.0 Å². The average molecular weight is 393 g/mol. The number of fused-ring (bicyclic) bond motifs is 1. The normalized spacial score (nSPS) is 14.7. The zero-order chi connectivity index (χ0) is 20.2. The largest absolute Gasteiger partial charge is 0.449 e. The number of hydrogen-bond acceptors (Lipinski definition) is 6. The molecule has 1 amide bonds. The van der Waals surface area contributed by atoms with Crippen molar-refractivity contribution in [2.75, 3.05) is 30.7 Å². The van der Waals surface area contributed by atoms with Crippen LogP contribution in [0.15, 0.2) is 18.2 Å². The van der Waals surface area contributed by atoms with Gasteiger partial charge in [0, 0.05) is 20.1 Å². The predicted molar refractivity (Wildman–Crippen MR) is 99.7 cm³/mol. The van der Waals surface area contributed by atoms with Crippen molar-refractivity contribution in [3.8, 4) is 6.07 Å². The molecule has 0 saturated carbocycles. The number of aryl methyl sites for hydroxylation is 1. The number of nitriles is 1. The van der Waals surface area contributed by atoms with E-state index in [2.05, 4.69) is 0 Å². The van der Waals surface area contributed by atoms with Gasteiger partial charge in [-0.15, -0.1) is 0 Å². The molecule has 0 radical (unpaired) electrons. The van der Waals surface area contributed by atoms with Crippen LogP contribution in [-0.4, -0.2) is 57.7 Å². The molecular formula is C18H23N3O5S. The van der Waals surface area contributed by atoms with Gasteiger partial charge in [0.1, 0.15) is 0 Å². The van der Waals surface area contributed by atoms with E-state index in [0.29, 0.717) is 25.1 Å². The van der Waals surface area contributed by atoms with Gasteiger partial charge in [-0.1, -0.05) is 0 Å². The van der Waals surface area contributed by atoms with Crippen molar-refractivity contribution in [1.29, 1.82) is 5.26 Å². The molecule has 0 N–H and O–H groups in total. The molecule has 0 spiro atoms. The summed E-state index contributed by atoms with van der Waals surface area (Å²) in [5, 5.41) is 8.58. The standard InChI is InChI=1S/C18H23N3O5S/c1-13(17(22)20(2)10-5-9-19)26-18(23)15-7-8-16-14(12-15)6-4-11-21(16)27(3,24)25/h7-8,12-13H,4-6,10-11H2,1-3H3/t13-/m1/s1. The Bertz CT molecular complexity index is 875. The molecule has 0 fully saturated rings. The van der Waals surface area contributed by atoms with Gasteiger partial charge in [0.2, 0.25) is 10.0 Å². The lowest BCUT2D eigenvalue weighted by Gasteiger charge is -2.29. The number of sulfonamides is 1. The van der Waals surface area contributed by atoms with Gasteiger partial charge in [0.15, 0.2) is 6.10 Å². The first-order chi connectivity index (χ1) is 12.6. The summed E-state index contributed by atoms with van der Waals surface area (Å²) in [4.78, 5) is 25.9. The molecular weight excluding hydrogens is 370 g/mol. The molecule has 1 aromatic carbocycles. The summed E-state index contributed by atoms with van der Waals surface area (Å²) in [5.41, 5.74) is 1.59. The lowest BCUT2D eigenvalue weighted by Crippen LogP contribution is -2.38. The molecule has 1 atom stereocenters. The second kappa shape index (κ2) is 8.39. The minimum Gasteiger partial charge on any atom is -0.449 e. The highest BCUT2D eigenvalue weighted by Crippen LogP contribution is 2.30. The third-order valence-corrected chi connectivity index (χ3v) is 5.54. The fourth-order valence-electron chi connectivity index (χ4n) is 2.95. The maximum atomic E-state index is 12.4. The molecule has 0 aliphatic carbocycles. The van der Waals surface area contributed by atoms with Crippen molar-refractivity contribution < 1.29 is 22.7 Å². The SMILES string of the molecule is C[C@@H](OC(=O)c1ccc2c(c1)CCCN2S(C)(=O)=O)C(=O)N(C)CCC#N. The van der Waals surface area contributed by atoms with Crippen LogP contribution >= 0.6 is 0 Å². The van der Waals surface area contributed by atoms with E-state index >= 15 is 0 Å². The number of benzene rings is 1. The van der Waals surface area contributed by atoms with Crippen LogP contribution in [0.3, 0.4) is 0 Å². The quantitative estimate of drug-likeness (QED) is 0.675. The Hall–Kier alpha value is -2.60. The first-order valence-corrected chi connectivity index (χ1v) is 10.4. The highest BCUT2D eigenvalue weighted by Gasteiger charge is 2.26. The molecule has 146 valence electrons. The van der Waals surface area contributed by atoms with Gasteiger partial charge in [0.05, 0.1) is 30.0 Å². The van der Waals surface area contributed by atoms with E-state index < -0.39 is 22.1 Å². The number of likely N-dealkylation sites (N-methyl/N-ethyl adjacent to an activating group) is 1. The molecule has 1 aliphatic rings. The lowest BCUT2D eigenvalue weighted by molar-refractivity contribution is -0.138. The zero-order valence-electron chi connectivity index (χ0n) is 15.6. The number of nitrogens with zero attached hydrogens (tertiary/aromatic N) is 3. The maximum Gasteiger partial charge on any atom is 0.338 e. The smallest absolute Gasteiger partial charge is 0.338 e. The van der Waals surface area contributed by atoms with Gasteiger partial charge in [0.25, 0.3) is 5.91 Å². The molecule has 1 aromatic rings. The number of carbonyl (C=O) groups is 2. The highest BCUT2D eigenvalue weighted by atomic mass is 32.2. The fraction of sp³-hybridized carbons (Fsp3) is 0.500. The lowest BCUT2D eigenvalue weighted by atomic mass is 10.0. The Morgan fingerprint density at radius 3 is 2.74 bits per heavy atom. The van der Waals surface area contributed by atoms with Crippen LogP contribution in [0.2, 0.25) is 0 Å². The van der Waals surface area contributed by atoms with E-state index in [4.69, 9.17) is 10.00 Å². The van der Waals surface area contributed by atoms with Gasteiger partial charge < -0.3 is 9.64 Å². The fourth-order valence-corrected chi connectivity index (χ4v) is 3.95. The summed E-state index contributed by atoms with van der Waals surface area (Å²) in [6.07, 6.45) is 1.69. The van der Waals surface area contributed by atoms with Crippen molar-refractivity contribution in [2.45, 2.75) is 32.3 Å². The molecule has 0 saturated heterocycles. The number of amides is 1. The molecule has 0 bridgehead atoms. The number of hydrogen-bond donors (Lipinski definition) is 0. The van der Waals surface area contributed by atoms with Crippen LogP contribution in [0.1, 0.15) is 35.7 Å². The second-order valence-corrected chi connectivity index (χ2v) is 8.40. The third-order valence-electron chi connectivity index (χ3n) is 4.36. The molecule has 8 nitrogen and oxygen atoms in total. The minimum atomic E-state index is -3.38. The average Bonchev–Trinajstić information content (AvgIpc) is 2.63. The number of carbonyl (C=O) groups excluding carboxylic acids is 2. The highest BCUT2D eigenvalue weighted by molar-refractivity contribution is 7.92. The van der Waals surface area contributed by atoms with Crippen molar-refractivity contribution >= 4 is 27.6 Å². The van der Waals surface area contributed by atoms with E-state index in [0.717, 1.165) is 11.8 Å². The summed E-state index contributed by atoms with van der Waals surface area (Å²) in [5.74, 6) is -1.04. The molecule has 2 rings (SSSR count). The number of rotatable bonds is 6. The molecule has 1 aliphatic heterocycles. The molecule has 0 aromatic heterocycles.